The molecule has 0 fully saturated rings. The highest BCUT2D eigenvalue weighted by molar-refractivity contribution is 9.10. The summed E-state index contributed by atoms with van der Waals surface area (Å²) in [6, 6.07) is 3.57. The van der Waals surface area contributed by atoms with Crippen LogP contribution in [0, 0.1) is 6.92 Å². The Hall–Kier alpha value is -3.01. The van der Waals surface area contributed by atoms with Crippen molar-refractivity contribution in [1.82, 2.24) is 39.1 Å². The smallest absolute Gasteiger partial charge is 0.274 e. The first-order chi connectivity index (χ1) is 13.9. The summed E-state index contributed by atoms with van der Waals surface area (Å²) >= 11 is 3.51. The quantitative estimate of drug-likeness (QED) is 0.460. The number of fused-ring (bicyclic) bond motifs is 1. The van der Waals surface area contributed by atoms with Crippen LogP contribution in [0.2, 0.25) is 0 Å². The van der Waals surface area contributed by atoms with Crippen LogP contribution in [0.25, 0.3) is 16.9 Å². The van der Waals surface area contributed by atoms with E-state index in [2.05, 4.69) is 36.2 Å². The molecule has 0 aliphatic heterocycles. The van der Waals surface area contributed by atoms with Crippen molar-refractivity contribution >= 4 is 27.5 Å². The van der Waals surface area contributed by atoms with Gasteiger partial charge in [0.15, 0.2) is 11.3 Å². The molecule has 0 atom stereocenters. The van der Waals surface area contributed by atoms with Crippen LogP contribution in [-0.2, 0) is 20.1 Å². The summed E-state index contributed by atoms with van der Waals surface area (Å²) in [5.74, 6) is -0.192. The molecule has 4 aromatic rings. The predicted octanol–water partition coefficient (Wildman–Crippen LogP) is 2.69. The molecule has 4 heterocycles. The number of nitrogens with zero attached hydrogens (tertiary/aromatic N) is 8. The van der Waals surface area contributed by atoms with E-state index in [9.17, 15) is 4.79 Å². The van der Waals surface area contributed by atoms with Gasteiger partial charge in [-0.2, -0.15) is 15.3 Å². The molecule has 10 heteroatoms. The van der Waals surface area contributed by atoms with Gasteiger partial charge in [0.05, 0.1) is 28.6 Å². The first-order valence-corrected chi connectivity index (χ1v) is 9.99. The zero-order chi connectivity index (χ0) is 20.7. The van der Waals surface area contributed by atoms with Gasteiger partial charge in [-0.1, -0.05) is 0 Å². The zero-order valence-corrected chi connectivity index (χ0v) is 18.3. The normalized spacial score (nSPS) is 11.3. The van der Waals surface area contributed by atoms with Crippen molar-refractivity contribution < 1.29 is 4.79 Å². The van der Waals surface area contributed by atoms with E-state index in [1.165, 1.54) is 0 Å². The Morgan fingerprint density at radius 3 is 2.76 bits per heavy atom. The molecule has 0 spiro atoms. The molecule has 0 aliphatic carbocycles. The van der Waals surface area contributed by atoms with Crippen molar-refractivity contribution in [3.05, 3.63) is 52.3 Å². The molecular weight excluding hydrogens is 436 g/mol. The van der Waals surface area contributed by atoms with E-state index in [0.29, 0.717) is 17.9 Å². The Balaban J connectivity index is 1.65. The summed E-state index contributed by atoms with van der Waals surface area (Å²) in [6.45, 7) is 5.15. The molecule has 0 radical (unpaired) electrons. The summed E-state index contributed by atoms with van der Waals surface area (Å²) < 4.78 is 6.20. The summed E-state index contributed by atoms with van der Waals surface area (Å²) in [7, 11) is 3.63. The molecule has 4 rings (SSSR count). The lowest BCUT2D eigenvalue weighted by molar-refractivity contribution is 0.0776. The lowest BCUT2D eigenvalue weighted by Crippen LogP contribution is -2.27. The zero-order valence-electron chi connectivity index (χ0n) is 16.7. The molecule has 0 aromatic carbocycles. The van der Waals surface area contributed by atoms with Gasteiger partial charge in [0.1, 0.15) is 0 Å². The number of rotatable bonds is 5. The Kier molecular flexibility index (Phi) is 4.95. The number of carbonyl (C=O) groups is 1. The fraction of sp³-hybridized carbons (Fsp3) is 0.316. The maximum absolute atomic E-state index is 13.0. The van der Waals surface area contributed by atoms with E-state index < -0.39 is 0 Å². The van der Waals surface area contributed by atoms with Gasteiger partial charge in [-0.3, -0.25) is 14.2 Å². The molecule has 9 nitrogen and oxygen atoms in total. The largest absolute Gasteiger partial charge is 0.334 e. The van der Waals surface area contributed by atoms with Crippen LogP contribution in [0.3, 0.4) is 0 Å². The van der Waals surface area contributed by atoms with Crippen molar-refractivity contribution in [3.8, 4) is 11.3 Å². The van der Waals surface area contributed by atoms with Crippen molar-refractivity contribution in [2.45, 2.75) is 26.9 Å². The number of hydrogen-bond donors (Lipinski definition) is 0. The summed E-state index contributed by atoms with van der Waals surface area (Å²) in [5, 5.41) is 13.3. The van der Waals surface area contributed by atoms with E-state index in [1.54, 1.807) is 39.6 Å². The Morgan fingerprint density at radius 1 is 1.31 bits per heavy atom. The second-order valence-electron chi connectivity index (χ2n) is 6.84. The Morgan fingerprint density at radius 2 is 2.10 bits per heavy atom. The minimum Gasteiger partial charge on any atom is -0.334 e. The van der Waals surface area contributed by atoms with Crippen LogP contribution in [0.1, 0.15) is 28.8 Å². The standard InChI is InChI=1S/C19H21BrN8O/c1-5-27-10-14(20)16(23-27)11-25(3)19(29)15-8-18-21-7-6-17(28(18)24-15)13-9-22-26(4)12(13)2/h6-10H,5,11H2,1-4H3. The minimum atomic E-state index is -0.192. The molecule has 0 saturated heterocycles. The van der Waals surface area contributed by atoms with E-state index in [0.717, 1.165) is 33.7 Å². The molecule has 0 saturated carbocycles. The van der Waals surface area contributed by atoms with E-state index in [1.807, 2.05) is 37.8 Å². The van der Waals surface area contributed by atoms with Crippen molar-refractivity contribution in [2.24, 2.45) is 7.05 Å². The van der Waals surface area contributed by atoms with Crippen LogP contribution < -0.4 is 0 Å². The SMILES string of the molecule is CCn1cc(Br)c(CN(C)C(=O)c2cc3nccc(-c4cnn(C)c4C)n3n2)n1. The average Bonchev–Trinajstić information content (AvgIpc) is 3.39. The van der Waals surface area contributed by atoms with Gasteiger partial charge in [0.2, 0.25) is 0 Å². The first kappa shape index (κ1) is 19.3. The third-order valence-electron chi connectivity index (χ3n) is 4.93. The van der Waals surface area contributed by atoms with Crippen LogP contribution in [0.4, 0.5) is 0 Å². The van der Waals surface area contributed by atoms with Crippen molar-refractivity contribution in [1.29, 1.82) is 0 Å². The third kappa shape index (κ3) is 3.44. The first-order valence-electron chi connectivity index (χ1n) is 9.20. The molecule has 4 aromatic heterocycles. The lowest BCUT2D eigenvalue weighted by Gasteiger charge is -2.14. The fourth-order valence-electron chi connectivity index (χ4n) is 3.15. The Labute approximate surface area is 176 Å². The molecular formula is C19H21BrN8O. The van der Waals surface area contributed by atoms with Crippen LogP contribution in [0.15, 0.2) is 35.2 Å². The maximum Gasteiger partial charge on any atom is 0.274 e. The lowest BCUT2D eigenvalue weighted by atomic mass is 10.2. The second-order valence-corrected chi connectivity index (χ2v) is 7.69. The summed E-state index contributed by atoms with van der Waals surface area (Å²) in [4.78, 5) is 18.9. The van der Waals surface area contributed by atoms with Gasteiger partial charge >= 0.3 is 0 Å². The molecule has 0 bridgehead atoms. The maximum atomic E-state index is 13.0. The van der Waals surface area contributed by atoms with E-state index >= 15 is 0 Å². The molecule has 29 heavy (non-hydrogen) atoms. The van der Waals surface area contributed by atoms with Gasteiger partial charge in [0, 0.05) is 50.4 Å². The minimum absolute atomic E-state index is 0.192. The molecule has 1 amide bonds. The second kappa shape index (κ2) is 7.43. The van der Waals surface area contributed by atoms with Crippen LogP contribution in [0.5, 0.6) is 0 Å². The van der Waals surface area contributed by atoms with Gasteiger partial charge < -0.3 is 4.90 Å². The van der Waals surface area contributed by atoms with Gasteiger partial charge in [0.25, 0.3) is 5.91 Å². The van der Waals surface area contributed by atoms with E-state index in [-0.39, 0.29) is 5.91 Å². The van der Waals surface area contributed by atoms with Gasteiger partial charge in [-0.05, 0) is 35.8 Å². The number of halogens is 1. The average molecular weight is 457 g/mol. The number of amides is 1. The monoisotopic (exact) mass is 456 g/mol. The van der Waals surface area contributed by atoms with Crippen LogP contribution in [-0.4, -0.2) is 52.0 Å². The van der Waals surface area contributed by atoms with Crippen molar-refractivity contribution in [3.63, 3.8) is 0 Å². The van der Waals surface area contributed by atoms with Gasteiger partial charge in [-0.15, -0.1) is 0 Å². The number of aromatic nitrogens is 7. The summed E-state index contributed by atoms with van der Waals surface area (Å²) in [5.41, 5.74) is 4.54. The molecule has 150 valence electrons. The Bertz CT molecular complexity index is 1200. The van der Waals surface area contributed by atoms with Crippen LogP contribution >= 0.6 is 15.9 Å². The molecule has 0 aliphatic rings. The highest BCUT2D eigenvalue weighted by atomic mass is 79.9. The topological polar surface area (TPSA) is 86.1 Å². The number of hydrogen-bond acceptors (Lipinski definition) is 5. The van der Waals surface area contributed by atoms with Gasteiger partial charge in [-0.25, -0.2) is 9.50 Å². The number of carbonyl (C=O) groups excluding carboxylic acids is 1. The highest BCUT2D eigenvalue weighted by Crippen LogP contribution is 2.23. The number of aryl methyl sites for hydroxylation is 2. The third-order valence-corrected chi connectivity index (χ3v) is 5.60. The fourth-order valence-corrected chi connectivity index (χ4v) is 3.59. The predicted molar refractivity (Wildman–Crippen MR) is 111 cm³/mol. The highest BCUT2D eigenvalue weighted by Gasteiger charge is 2.20. The molecule has 0 unspecified atom stereocenters. The van der Waals surface area contributed by atoms with E-state index in [4.69, 9.17) is 0 Å². The molecule has 0 N–H and O–H groups in total. The van der Waals surface area contributed by atoms with Crippen molar-refractivity contribution in [2.75, 3.05) is 7.05 Å². The summed E-state index contributed by atoms with van der Waals surface area (Å²) in [6.07, 6.45) is 5.41.